The van der Waals surface area contributed by atoms with E-state index in [1.807, 2.05) is 49.4 Å². The van der Waals surface area contributed by atoms with E-state index in [1.165, 1.54) is 0 Å². The normalized spacial score (nSPS) is 12.4. The Kier molecular flexibility index (Phi) is 3.60. The van der Waals surface area contributed by atoms with Gasteiger partial charge in [-0.15, -0.1) is 10.2 Å². The molecule has 0 fully saturated rings. The van der Waals surface area contributed by atoms with Gasteiger partial charge in [-0.3, -0.25) is 5.32 Å². The molecule has 0 saturated carbocycles. The molecule has 2 aromatic heterocycles. The minimum atomic E-state index is 0.0945. The Morgan fingerprint density at radius 2 is 1.95 bits per heavy atom. The second kappa shape index (κ2) is 5.71. The third kappa shape index (κ3) is 2.78. The van der Waals surface area contributed by atoms with E-state index < -0.39 is 0 Å². The minimum Gasteiger partial charge on any atom is -0.468 e. The summed E-state index contributed by atoms with van der Waals surface area (Å²) in [6, 6.07) is 13.6. The summed E-state index contributed by atoms with van der Waals surface area (Å²) < 4.78 is 11.0. The fraction of sp³-hybridized carbons (Fsp3) is 0.200. The molecule has 3 rings (SSSR count). The first-order valence-electron chi connectivity index (χ1n) is 6.47. The molecule has 0 aliphatic rings. The zero-order chi connectivity index (χ0) is 13.8. The van der Waals surface area contributed by atoms with Gasteiger partial charge in [-0.05, 0) is 31.2 Å². The Bertz CT molecular complexity index is 647. The maximum atomic E-state index is 5.62. The van der Waals surface area contributed by atoms with Crippen LogP contribution in [0.2, 0.25) is 0 Å². The van der Waals surface area contributed by atoms with Crippen molar-refractivity contribution in [3.8, 4) is 11.5 Å². The molecule has 1 aromatic carbocycles. The molecular weight excluding hydrogens is 254 g/mol. The summed E-state index contributed by atoms with van der Waals surface area (Å²) in [5.41, 5.74) is 0.922. The Balaban J connectivity index is 1.63. The third-order valence-electron chi connectivity index (χ3n) is 3.02. The van der Waals surface area contributed by atoms with Crippen LogP contribution < -0.4 is 5.32 Å². The summed E-state index contributed by atoms with van der Waals surface area (Å²) in [4.78, 5) is 0. The van der Waals surface area contributed by atoms with Gasteiger partial charge < -0.3 is 8.83 Å². The van der Waals surface area contributed by atoms with Gasteiger partial charge in [-0.25, -0.2) is 0 Å². The van der Waals surface area contributed by atoms with Crippen LogP contribution in [-0.4, -0.2) is 10.2 Å². The molecule has 2 heterocycles. The maximum absolute atomic E-state index is 5.62. The molecule has 20 heavy (non-hydrogen) atoms. The lowest BCUT2D eigenvalue weighted by molar-refractivity contribution is 0.403. The third-order valence-corrected chi connectivity index (χ3v) is 3.02. The van der Waals surface area contributed by atoms with Crippen molar-refractivity contribution in [1.29, 1.82) is 0 Å². The minimum absolute atomic E-state index is 0.0945. The SMILES string of the molecule is CC(NCc1nnc(-c2ccccc2)o1)c1ccco1. The van der Waals surface area contributed by atoms with Crippen LogP contribution in [0.3, 0.4) is 0 Å². The molecule has 1 unspecified atom stereocenters. The van der Waals surface area contributed by atoms with Crippen LogP contribution in [0.4, 0.5) is 0 Å². The second-order valence-corrected chi connectivity index (χ2v) is 4.48. The monoisotopic (exact) mass is 269 g/mol. The van der Waals surface area contributed by atoms with Crippen molar-refractivity contribution < 1.29 is 8.83 Å². The smallest absolute Gasteiger partial charge is 0.247 e. The number of nitrogens with one attached hydrogen (secondary N) is 1. The lowest BCUT2D eigenvalue weighted by Crippen LogP contribution is -2.17. The van der Waals surface area contributed by atoms with E-state index in [0.29, 0.717) is 18.3 Å². The van der Waals surface area contributed by atoms with Crippen LogP contribution >= 0.6 is 0 Å². The number of nitrogens with zero attached hydrogens (tertiary/aromatic N) is 2. The molecule has 1 N–H and O–H groups in total. The zero-order valence-corrected chi connectivity index (χ0v) is 11.1. The average molecular weight is 269 g/mol. The number of hydrogen-bond acceptors (Lipinski definition) is 5. The molecule has 1 atom stereocenters. The van der Waals surface area contributed by atoms with E-state index in [0.717, 1.165) is 11.3 Å². The van der Waals surface area contributed by atoms with E-state index >= 15 is 0 Å². The van der Waals surface area contributed by atoms with Gasteiger partial charge in [0.2, 0.25) is 11.8 Å². The van der Waals surface area contributed by atoms with E-state index in [4.69, 9.17) is 8.83 Å². The summed E-state index contributed by atoms with van der Waals surface area (Å²) in [7, 11) is 0. The topological polar surface area (TPSA) is 64.1 Å². The van der Waals surface area contributed by atoms with Crippen LogP contribution in [-0.2, 0) is 6.54 Å². The van der Waals surface area contributed by atoms with Crippen molar-refractivity contribution in [3.05, 3.63) is 60.4 Å². The number of aromatic nitrogens is 2. The van der Waals surface area contributed by atoms with Gasteiger partial charge in [0.25, 0.3) is 0 Å². The van der Waals surface area contributed by atoms with Gasteiger partial charge in [0.1, 0.15) is 5.76 Å². The van der Waals surface area contributed by atoms with Crippen LogP contribution in [0.25, 0.3) is 11.5 Å². The summed E-state index contributed by atoms with van der Waals surface area (Å²) in [5.74, 6) is 1.98. The quantitative estimate of drug-likeness (QED) is 0.770. The second-order valence-electron chi connectivity index (χ2n) is 4.48. The van der Waals surface area contributed by atoms with Crippen molar-refractivity contribution in [2.24, 2.45) is 0 Å². The molecule has 3 aromatic rings. The van der Waals surface area contributed by atoms with Gasteiger partial charge in [-0.2, -0.15) is 0 Å². The fourth-order valence-electron chi connectivity index (χ4n) is 1.90. The predicted octanol–water partition coefficient (Wildman–Crippen LogP) is 3.18. The first-order valence-corrected chi connectivity index (χ1v) is 6.47. The Hall–Kier alpha value is -2.40. The van der Waals surface area contributed by atoms with Crippen molar-refractivity contribution in [2.45, 2.75) is 19.5 Å². The van der Waals surface area contributed by atoms with Crippen molar-refractivity contribution >= 4 is 0 Å². The average Bonchev–Trinajstić information content (AvgIpc) is 3.17. The highest BCUT2D eigenvalue weighted by Gasteiger charge is 2.11. The highest BCUT2D eigenvalue weighted by molar-refractivity contribution is 5.51. The van der Waals surface area contributed by atoms with Gasteiger partial charge in [-0.1, -0.05) is 18.2 Å². The van der Waals surface area contributed by atoms with Gasteiger partial charge in [0.05, 0.1) is 18.8 Å². The predicted molar refractivity (Wildman–Crippen MR) is 73.7 cm³/mol. The summed E-state index contributed by atoms with van der Waals surface area (Å²) >= 11 is 0. The summed E-state index contributed by atoms with van der Waals surface area (Å²) in [6.45, 7) is 2.52. The zero-order valence-electron chi connectivity index (χ0n) is 11.1. The highest BCUT2D eigenvalue weighted by Crippen LogP contribution is 2.18. The van der Waals surface area contributed by atoms with E-state index in [9.17, 15) is 0 Å². The van der Waals surface area contributed by atoms with Gasteiger partial charge >= 0.3 is 0 Å². The number of furan rings is 1. The Labute approximate surface area is 116 Å². The molecule has 0 bridgehead atoms. The molecule has 5 nitrogen and oxygen atoms in total. The lowest BCUT2D eigenvalue weighted by Gasteiger charge is -2.08. The molecule has 102 valence electrons. The number of hydrogen-bond donors (Lipinski definition) is 1. The summed E-state index contributed by atoms with van der Waals surface area (Å²) in [5, 5.41) is 11.4. The van der Waals surface area contributed by atoms with E-state index in [-0.39, 0.29) is 6.04 Å². The molecule has 0 spiro atoms. The molecular formula is C15H15N3O2. The highest BCUT2D eigenvalue weighted by atomic mass is 16.4. The van der Waals surface area contributed by atoms with E-state index in [1.54, 1.807) is 6.26 Å². The fourth-order valence-corrected chi connectivity index (χ4v) is 1.90. The van der Waals surface area contributed by atoms with Crippen molar-refractivity contribution in [2.75, 3.05) is 0 Å². The van der Waals surface area contributed by atoms with Crippen molar-refractivity contribution in [1.82, 2.24) is 15.5 Å². The lowest BCUT2D eigenvalue weighted by atomic mass is 10.2. The first-order chi connectivity index (χ1) is 9.83. The first kappa shape index (κ1) is 12.6. The molecule has 0 aliphatic heterocycles. The number of benzene rings is 1. The summed E-state index contributed by atoms with van der Waals surface area (Å²) in [6.07, 6.45) is 1.66. The van der Waals surface area contributed by atoms with Crippen molar-refractivity contribution in [3.63, 3.8) is 0 Å². The molecule has 0 aliphatic carbocycles. The van der Waals surface area contributed by atoms with Gasteiger partial charge in [0, 0.05) is 5.56 Å². The Morgan fingerprint density at radius 3 is 2.70 bits per heavy atom. The van der Waals surface area contributed by atoms with Crippen LogP contribution in [0.15, 0.2) is 57.6 Å². The van der Waals surface area contributed by atoms with Crippen LogP contribution in [0.1, 0.15) is 24.6 Å². The molecule has 0 radical (unpaired) electrons. The van der Waals surface area contributed by atoms with Crippen LogP contribution in [0.5, 0.6) is 0 Å². The molecule has 0 saturated heterocycles. The largest absolute Gasteiger partial charge is 0.468 e. The standard InChI is InChI=1S/C15H15N3O2/c1-11(13-8-5-9-19-13)16-10-14-17-18-15(20-14)12-6-3-2-4-7-12/h2-9,11,16H,10H2,1H3. The number of rotatable bonds is 5. The van der Waals surface area contributed by atoms with Crippen LogP contribution in [0, 0.1) is 0 Å². The molecule has 0 amide bonds. The van der Waals surface area contributed by atoms with Gasteiger partial charge in [0.15, 0.2) is 0 Å². The maximum Gasteiger partial charge on any atom is 0.247 e. The molecule has 5 heteroatoms. The Morgan fingerprint density at radius 1 is 1.10 bits per heavy atom. The van der Waals surface area contributed by atoms with E-state index in [2.05, 4.69) is 15.5 Å².